The van der Waals surface area contributed by atoms with Crippen molar-refractivity contribution >= 4 is 17.5 Å². The maximum absolute atomic E-state index is 11.4. The smallest absolute Gasteiger partial charge is 0.339 e. The van der Waals surface area contributed by atoms with Crippen molar-refractivity contribution in [1.29, 1.82) is 0 Å². The van der Waals surface area contributed by atoms with Gasteiger partial charge in [-0.2, -0.15) is 0 Å². The van der Waals surface area contributed by atoms with Crippen LogP contribution in [0.2, 0.25) is 6.32 Å². The van der Waals surface area contributed by atoms with Crippen molar-refractivity contribution < 1.29 is 13.1 Å². The van der Waals surface area contributed by atoms with Crippen molar-refractivity contribution in [3.8, 4) is 5.75 Å². The summed E-state index contributed by atoms with van der Waals surface area (Å²) >= 11 is 0. The highest BCUT2D eigenvalue weighted by Gasteiger charge is 2.10. The molecule has 6 heteroatoms. The molecule has 0 aliphatic rings. The van der Waals surface area contributed by atoms with E-state index in [1.165, 1.54) is 19.2 Å². The first-order valence-corrected chi connectivity index (χ1v) is 6.25. The monoisotopic (exact) mass is 227 g/mol. The molecule has 0 amide bonds. The molecule has 0 bridgehead atoms. The lowest BCUT2D eigenvalue weighted by molar-refractivity contribution is 0.585. The zero-order valence-corrected chi connectivity index (χ0v) is 9.67. The van der Waals surface area contributed by atoms with Gasteiger partial charge in [-0.05, 0) is 37.6 Å². The molecule has 0 aromatic heterocycles. The van der Waals surface area contributed by atoms with Gasteiger partial charge >= 0.3 is 7.48 Å². The van der Waals surface area contributed by atoms with E-state index in [4.69, 9.17) is 4.65 Å². The predicted octanol–water partition coefficient (Wildman–Crippen LogP) is 0.763. The first-order chi connectivity index (χ1) is 7.10. The summed E-state index contributed by atoms with van der Waals surface area (Å²) in [4.78, 5) is 0.244. The Kier molecular flexibility index (Phi) is 4.17. The fourth-order valence-corrected chi connectivity index (χ4v) is 1.78. The predicted molar refractivity (Wildman–Crippen MR) is 60.9 cm³/mol. The molecule has 0 unspecified atom stereocenters. The maximum atomic E-state index is 11.4. The molecule has 0 aliphatic carbocycles. The van der Waals surface area contributed by atoms with Gasteiger partial charge < -0.3 is 4.65 Å². The van der Waals surface area contributed by atoms with Gasteiger partial charge in [0.05, 0.1) is 10.6 Å². The van der Waals surface area contributed by atoms with Gasteiger partial charge in [0.2, 0.25) is 10.0 Å². The van der Waals surface area contributed by atoms with Crippen LogP contribution in [0.4, 0.5) is 0 Å². The average Bonchev–Trinajstić information content (AvgIpc) is 2.27. The summed E-state index contributed by atoms with van der Waals surface area (Å²) in [5.74, 6) is 0.687. The summed E-state index contributed by atoms with van der Waals surface area (Å²) in [7, 11) is -1.32. The number of hydrogen-bond donors (Lipinski definition) is 1. The SMILES string of the molecule is CCBOc1ccc(S(=O)(=O)NC)cc1. The van der Waals surface area contributed by atoms with Crippen LogP contribution in [0.15, 0.2) is 29.2 Å². The van der Waals surface area contributed by atoms with E-state index in [2.05, 4.69) is 4.72 Å². The van der Waals surface area contributed by atoms with Gasteiger partial charge in [0.15, 0.2) is 0 Å². The maximum Gasteiger partial charge on any atom is 0.339 e. The van der Waals surface area contributed by atoms with Gasteiger partial charge in [0, 0.05) is 0 Å². The lowest BCUT2D eigenvalue weighted by atomic mass is 9.97. The molecule has 0 saturated heterocycles. The molecule has 1 aromatic carbocycles. The van der Waals surface area contributed by atoms with Crippen LogP contribution in [0.25, 0.3) is 0 Å². The molecule has 1 aromatic rings. The Morgan fingerprint density at radius 2 is 1.93 bits per heavy atom. The van der Waals surface area contributed by atoms with Gasteiger partial charge in [0.1, 0.15) is 0 Å². The van der Waals surface area contributed by atoms with Crippen LogP contribution in [0.5, 0.6) is 5.75 Å². The second-order valence-electron chi connectivity index (χ2n) is 3.03. The third-order valence-corrected chi connectivity index (χ3v) is 3.31. The Labute approximate surface area is 91.0 Å². The minimum Gasteiger partial charge on any atom is -0.564 e. The van der Waals surface area contributed by atoms with Crippen molar-refractivity contribution in [1.82, 2.24) is 4.72 Å². The van der Waals surface area contributed by atoms with Crippen molar-refractivity contribution in [2.24, 2.45) is 0 Å². The molecule has 4 nitrogen and oxygen atoms in total. The molecular weight excluding hydrogens is 213 g/mol. The van der Waals surface area contributed by atoms with Crippen LogP contribution in [-0.4, -0.2) is 22.9 Å². The van der Waals surface area contributed by atoms with Crippen LogP contribution < -0.4 is 9.38 Å². The van der Waals surface area contributed by atoms with Crippen molar-refractivity contribution in [3.63, 3.8) is 0 Å². The number of nitrogens with one attached hydrogen (secondary N) is 1. The van der Waals surface area contributed by atoms with E-state index in [1.807, 2.05) is 6.92 Å². The summed E-state index contributed by atoms with van der Waals surface area (Å²) in [6.07, 6.45) is 0.927. The van der Waals surface area contributed by atoms with Crippen molar-refractivity contribution in [2.45, 2.75) is 18.1 Å². The summed E-state index contributed by atoms with van der Waals surface area (Å²) < 4.78 is 30.3. The molecule has 82 valence electrons. The Balaban J connectivity index is 2.81. The van der Waals surface area contributed by atoms with Crippen molar-refractivity contribution in [3.05, 3.63) is 24.3 Å². The summed E-state index contributed by atoms with van der Waals surface area (Å²) in [6, 6.07) is 6.35. The highest BCUT2D eigenvalue weighted by Crippen LogP contribution is 2.15. The minimum atomic E-state index is -3.34. The van der Waals surface area contributed by atoms with E-state index >= 15 is 0 Å². The molecule has 0 heterocycles. The van der Waals surface area contributed by atoms with E-state index in [-0.39, 0.29) is 4.90 Å². The molecule has 0 fully saturated rings. The summed E-state index contributed by atoms with van der Waals surface area (Å²) in [6.45, 7) is 2.01. The first-order valence-electron chi connectivity index (χ1n) is 4.76. The number of rotatable bonds is 5. The largest absolute Gasteiger partial charge is 0.564 e. The van der Waals surface area contributed by atoms with E-state index in [9.17, 15) is 8.42 Å². The van der Waals surface area contributed by atoms with Gasteiger partial charge in [-0.3, -0.25) is 0 Å². The Bertz CT molecular complexity index is 402. The second kappa shape index (κ2) is 5.18. The molecule has 0 aliphatic heterocycles. The fraction of sp³-hybridized carbons (Fsp3) is 0.333. The zero-order chi connectivity index (χ0) is 11.3. The fourth-order valence-electron chi connectivity index (χ4n) is 1.05. The quantitative estimate of drug-likeness (QED) is 0.755. The molecular formula is C9H14BNO3S. The van der Waals surface area contributed by atoms with Crippen LogP contribution in [0, 0.1) is 0 Å². The van der Waals surface area contributed by atoms with E-state index in [0.29, 0.717) is 13.2 Å². The molecule has 15 heavy (non-hydrogen) atoms. The number of hydrogen-bond acceptors (Lipinski definition) is 3. The molecule has 1 rings (SSSR count). The van der Waals surface area contributed by atoms with Gasteiger partial charge in [0.25, 0.3) is 0 Å². The molecule has 0 atom stereocenters. The summed E-state index contributed by atoms with van der Waals surface area (Å²) in [5, 5.41) is 0. The van der Waals surface area contributed by atoms with Gasteiger partial charge in [-0.1, -0.05) is 6.92 Å². The Morgan fingerprint density at radius 1 is 1.33 bits per heavy atom. The topological polar surface area (TPSA) is 55.4 Å². The summed E-state index contributed by atoms with van der Waals surface area (Å²) in [5.41, 5.74) is 0. The van der Waals surface area contributed by atoms with E-state index in [0.717, 1.165) is 6.32 Å². The highest BCUT2D eigenvalue weighted by atomic mass is 32.2. The Hall–Kier alpha value is -1.01. The Morgan fingerprint density at radius 3 is 2.40 bits per heavy atom. The molecule has 0 spiro atoms. The molecule has 1 N–H and O–H groups in total. The van der Waals surface area contributed by atoms with Crippen LogP contribution in [0.1, 0.15) is 6.92 Å². The van der Waals surface area contributed by atoms with E-state index in [1.54, 1.807) is 12.1 Å². The lowest BCUT2D eigenvalue weighted by Gasteiger charge is -2.05. The normalized spacial score (nSPS) is 11.1. The van der Waals surface area contributed by atoms with Crippen LogP contribution in [-0.2, 0) is 10.0 Å². The van der Waals surface area contributed by atoms with Crippen LogP contribution in [0.3, 0.4) is 0 Å². The van der Waals surface area contributed by atoms with Gasteiger partial charge in [-0.25, -0.2) is 13.1 Å². The molecule has 0 saturated carbocycles. The third-order valence-electron chi connectivity index (χ3n) is 1.88. The lowest BCUT2D eigenvalue weighted by Crippen LogP contribution is -2.18. The van der Waals surface area contributed by atoms with Gasteiger partial charge in [-0.15, -0.1) is 0 Å². The average molecular weight is 227 g/mol. The highest BCUT2D eigenvalue weighted by molar-refractivity contribution is 7.89. The first kappa shape index (κ1) is 12.1. The van der Waals surface area contributed by atoms with Crippen LogP contribution >= 0.6 is 0 Å². The van der Waals surface area contributed by atoms with E-state index < -0.39 is 10.0 Å². The number of benzene rings is 1. The third kappa shape index (κ3) is 3.25. The minimum absolute atomic E-state index is 0.244. The standard InChI is InChI=1S/C9H14BNO3S/c1-3-10-14-8-4-6-9(7-5-8)15(12,13)11-2/h4-7,10-11H,3H2,1-2H3. The second-order valence-corrected chi connectivity index (χ2v) is 4.91. The van der Waals surface area contributed by atoms with Crippen molar-refractivity contribution in [2.75, 3.05) is 7.05 Å². The molecule has 0 radical (unpaired) electrons. The zero-order valence-electron chi connectivity index (χ0n) is 8.86. The number of sulfonamides is 1.